The van der Waals surface area contributed by atoms with Gasteiger partial charge in [-0.05, 0) is 37.0 Å². The van der Waals surface area contributed by atoms with Crippen LogP contribution in [0.15, 0.2) is 24.3 Å². The van der Waals surface area contributed by atoms with Crippen molar-refractivity contribution in [3.05, 3.63) is 29.8 Å². The lowest BCUT2D eigenvalue weighted by Gasteiger charge is -2.23. The van der Waals surface area contributed by atoms with Crippen LogP contribution in [0.4, 0.5) is 0 Å². The predicted octanol–water partition coefficient (Wildman–Crippen LogP) is 2.69. The summed E-state index contributed by atoms with van der Waals surface area (Å²) in [6.07, 6.45) is 2.65. The molecule has 0 aliphatic carbocycles. The number of rotatable bonds is 4. The molecule has 1 fully saturated rings. The molecule has 1 aliphatic rings. The van der Waals surface area contributed by atoms with Gasteiger partial charge >= 0.3 is 0 Å². The first-order chi connectivity index (χ1) is 8.29. The van der Waals surface area contributed by atoms with Gasteiger partial charge in [-0.25, -0.2) is 0 Å². The maximum atomic E-state index is 9.68. The Kier molecular flexibility index (Phi) is 4.40. The van der Waals surface area contributed by atoms with E-state index in [2.05, 4.69) is 0 Å². The lowest BCUT2D eigenvalue weighted by Crippen LogP contribution is -2.27. The lowest BCUT2D eigenvalue weighted by atomic mass is 10.1. The fourth-order valence-corrected chi connectivity index (χ4v) is 2.00. The average Bonchev–Trinajstić information content (AvgIpc) is 2.40. The third-order valence-corrected chi connectivity index (χ3v) is 3.07. The van der Waals surface area contributed by atoms with Crippen molar-refractivity contribution in [2.24, 2.45) is 0 Å². The fraction of sp³-hybridized carbons (Fsp3) is 0.571. The van der Waals surface area contributed by atoms with Crippen LogP contribution in [0.3, 0.4) is 0 Å². The molecule has 1 heterocycles. The Morgan fingerprint density at radius 2 is 2.18 bits per heavy atom. The van der Waals surface area contributed by atoms with Gasteiger partial charge in [0.1, 0.15) is 11.9 Å². The lowest BCUT2D eigenvalue weighted by molar-refractivity contribution is 0.00740. The quantitative estimate of drug-likeness (QED) is 0.873. The van der Waals surface area contributed by atoms with Crippen molar-refractivity contribution in [1.29, 1.82) is 0 Å². The third kappa shape index (κ3) is 3.45. The van der Waals surface area contributed by atoms with E-state index in [4.69, 9.17) is 9.47 Å². The van der Waals surface area contributed by atoms with Gasteiger partial charge in [0.05, 0.1) is 12.7 Å². The highest BCUT2D eigenvalue weighted by Gasteiger charge is 2.15. The van der Waals surface area contributed by atoms with E-state index in [1.807, 2.05) is 31.2 Å². The fourth-order valence-electron chi connectivity index (χ4n) is 2.00. The summed E-state index contributed by atoms with van der Waals surface area (Å²) in [5.74, 6) is 0.854. The molecule has 2 atom stereocenters. The monoisotopic (exact) mass is 236 g/mol. The van der Waals surface area contributed by atoms with Crippen LogP contribution in [0.2, 0.25) is 0 Å². The number of hydrogen-bond donors (Lipinski definition) is 1. The molecule has 0 amide bonds. The van der Waals surface area contributed by atoms with E-state index in [0.717, 1.165) is 37.2 Å². The minimum Gasteiger partial charge on any atom is -0.488 e. The van der Waals surface area contributed by atoms with Gasteiger partial charge < -0.3 is 14.6 Å². The summed E-state index contributed by atoms with van der Waals surface area (Å²) in [6, 6.07) is 7.69. The smallest absolute Gasteiger partial charge is 0.122 e. The van der Waals surface area contributed by atoms with Crippen molar-refractivity contribution in [2.75, 3.05) is 13.2 Å². The molecule has 2 rings (SSSR count). The van der Waals surface area contributed by atoms with E-state index < -0.39 is 0 Å². The van der Waals surface area contributed by atoms with Crippen molar-refractivity contribution in [1.82, 2.24) is 0 Å². The van der Waals surface area contributed by atoms with Crippen LogP contribution in [0, 0.1) is 0 Å². The predicted molar refractivity (Wildman–Crippen MR) is 66.2 cm³/mol. The van der Waals surface area contributed by atoms with Gasteiger partial charge in [0, 0.05) is 6.61 Å². The summed E-state index contributed by atoms with van der Waals surface area (Å²) in [7, 11) is 0. The van der Waals surface area contributed by atoms with Crippen LogP contribution in [-0.2, 0) is 4.74 Å². The van der Waals surface area contributed by atoms with E-state index in [-0.39, 0.29) is 12.2 Å². The molecule has 94 valence electrons. The molecule has 2 unspecified atom stereocenters. The molecule has 0 spiro atoms. The van der Waals surface area contributed by atoms with Gasteiger partial charge in [0.25, 0.3) is 0 Å². The Labute approximate surface area is 102 Å². The van der Waals surface area contributed by atoms with Crippen LogP contribution in [0.1, 0.15) is 37.9 Å². The van der Waals surface area contributed by atoms with E-state index in [0.29, 0.717) is 6.61 Å². The largest absolute Gasteiger partial charge is 0.488 e. The summed E-state index contributed by atoms with van der Waals surface area (Å²) in [5.41, 5.74) is 0.944. The molecule has 1 aliphatic heterocycles. The molecule has 3 nitrogen and oxygen atoms in total. The van der Waals surface area contributed by atoms with Gasteiger partial charge in [-0.2, -0.15) is 0 Å². The average molecular weight is 236 g/mol. The van der Waals surface area contributed by atoms with Gasteiger partial charge in [-0.3, -0.25) is 0 Å². The van der Waals surface area contributed by atoms with E-state index in [1.54, 1.807) is 0 Å². The third-order valence-electron chi connectivity index (χ3n) is 3.07. The number of ether oxygens (including phenoxy) is 2. The highest BCUT2D eigenvalue weighted by atomic mass is 16.5. The van der Waals surface area contributed by atoms with E-state index >= 15 is 0 Å². The Morgan fingerprint density at radius 3 is 2.76 bits per heavy atom. The molecular formula is C14H20O3. The normalized spacial score (nSPS) is 22.1. The Bertz CT molecular complexity index is 328. The summed E-state index contributed by atoms with van der Waals surface area (Å²) in [5, 5.41) is 9.68. The molecule has 1 aromatic carbocycles. The summed E-state index contributed by atoms with van der Waals surface area (Å²) < 4.78 is 11.2. The molecular weight excluding hydrogens is 216 g/mol. The molecule has 0 radical (unpaired) electrons. The Morgan fingerprint density at radius 1 is 1.41 bits per heavy atom. The molecule has 3 heteroatoms. The molecule has 1 aromatic rings. The Hall–Kier alpha value is -1.06. The van der Waals surface area contributed by atoms with Crippen LogP contribution in [-0.4, -0.2) is 24.4 Å². The van der Waals surface area contributed by atoms with Crippen molar-refractivity contribution in [3.63, 3.8) is 0 Å². The first-order valence-electron chi connectivity index (χ1n) is 6.32. The van der Waals surface area contributed by atoms with Crippen LogP contribution in [0.5, 0.6) is 5.75 Å². The highest BCUT2D eigenvalue weighted by Crippen LogP contribution is 2.22. The van der Waals surface area contributed by atoms with Gasteiger partial charge in [0.15, 0.2) is 0 Å². The van der Waals surface area contributed by atoms with Crippen molar-refractivity contribution in [2.45, 2.75) is 38.4 Å². The van der Waals surface area contributed by atoms with Crippen molar-refractivity contribution in [3.8, 4) is 5.75 Å². The highest BCUT2D eigenvalue weighted by molar-refractivity contribution is 5.28. The van der Waals surface area contributed by atoms with Gasteiger partial charge in [0.2, 0.25) is 0 Å². The second kappa shape index (κ2) is 6.03. The number of benzene rings is 1. The summed E-state index contributed by atoms with van der Waals surface area (Å²) in [4.78, 5) is 0. The van der Waals surface area contributed by atoms with Gasteiger partial charge in [-0.15, -0.1) is 0 Å². The summed E-state index contributed by atoms with van der Waals surface area (Å²) in [6.45, 7) is 3.50. The minimum atomic E-state index is -0.373. The van der Waals surface area contributed by atoms with Crippen molar-refractivity contribution >= 4 is 0 Å². The Balaban J connectivity index is 1.93. The standard InChI is InChI=1S/C14H20O3/c1-2-14(15)11-5-7-12(8-6-11)17-13-4-3-9-16-10-13/h5-8,13-15H,2-4,9-10H2,1H3. The maximum Gasteiger partial charge on any atom is 0.122 e. The number of hydrogen-bond acceptors (Lipinski definition) is 3. The minimum absolute atomic E-state index is 0.172. The van der Waals surface area contributed by atoms with Crippen molar-refractivity contribution < 1.29 is 14.6 Å². The first-order valence-corrected chi connectivity index (χ1v) is 6.32. The molecule has 0 bridgehead atoms. The SMILES string of the molecule is CCC(O)c1ccc(OC2CCCOC2)cc1. The maximum absolute atomic E-state index is 9.68. The topological polar surface area (TPSA) is 38.7 Å². The summed E-state index contributed by atoms with van der Waals surface area (Å²) >= 11 is 0. The molecule has 17 heavy (non-hydrogen) atoms. The second-order valence-electron chi connectivity index (χ2n) is 4.45. The van der Waals surface area contributed by atoms with Gasteiger partial charge in [-0.1, -0.05) is 19.1 Å². The zero-order chi connectivity index (χ0) is 12.1. The zero-order valence-electron chi connectivity index (χ0n) is 10.3. The number of aliphatic hydroxyl groups excluding tert-OH is 1. The van der Waals surface area contributed by atoms with Crippen LogP contribution in [0.25, 0.3) is 0 Å². The van der Waals surface area contributed by atoms with E-state index in [1.165, 1.54) is 0 Å². The number of aliphatic hydroxyl groups is 1. The molecule has 1 saturated heterocycles. The van der Waals surface area contributed by atoms with Crippen LogP contribution < -0.4 is 4.74 Å². The van der Waals surface area contributed by atoms with E-state index in [9.17, 15) is 5.11 Å². The van der Waals surface area contributed by atoms with Crippen LogP contribution >= 0.6 is 0 Å². The molecule has 1 N–H and O–H groups in total. The first kappa shape index (κ1) is 12.4. The molecule has 0 aromatic heterocycles. The zero-order valence-corrected chi connectivity index (χ0v) is 10.3. The molecule has 0 saturated carbocycles. The second-order valence-corrected chi connectivity index (χ2v) is 4.45.